The molecule has 0 fully saturated rings. The van der Waals surface area contributed by atoms with Gasteiger partial charge in [0.25, 0.3) is 0 Å². The maximum Gasteiger partial charge on any atom is 0.136 e. The van der Waals surface area contributed by atoms with Crippen molar-refractivity contribution < 1.29 is 4.74 Å². The molecule has 0 amide bonds. The lowest BCUT2D eigenvalue weighted by Gasteiger charge is -2.20. The molecular formula is C19H25NO. The number of hydrogen-bond acceptors (Lipinski definition) is 2. The van der Waals surface area contributed by atoms with E-state index in [9.17, 15) is 0 Å². The minimum atomic E-state index is 0.0380. The SMILES string of the molecule is CCNCC(Oc1ccc(C(C)C)cc1)c1ccccc1. The second-order valence-corrected chi connectivity index (χ2v) is 5.55. The summed E-state index contributed by atoms with van der Waals surface area (Å²) in [5, 5.41) is 3.37. The summed E-state index contributed by atoms with van der Waals surface area (Å²) < 4.78 is 6.17. The van der Waals surface area contributed by atoms with Gasteiger partial charge in [-0.2, -0.15) is 0 Å². The zero-order valence-electron chi connectivity index (χ0n) is 13.2. The van der Waals surface area contributed by atoms with Gasteiger partial charge in [0.05, 0.1) is 0 Å². The van der Waals surface area contributed by atoms with E-state index in [1.165, 1.54) is 11.1 Å². The Balaban J connectivity index is 2.11. The molecule has 0 aliphatic heterocycles. The molecule has 0 heterocycles. The van der Waals surface area contributed by atoms with Gasteiger partial charge in [-0.25, -0.2) is 0 Å². The summed E-state index contributed by atoms with van der Waals surface area (Å²) in [5.41, 5.74) is 2.54. The van der Waals surface area contributed by atoms with E-state index in [2.05, 4.69) is 74.6 Å². The Morgan fingerprint density at radius 3 is 2.14 bits per heavy atom. The molecule has 1 unspecified atom stereocenters. The molecule has 21 heavy (non-hydrogen) atoms. The van der Waals surface area contributed by atoms with Crippen LogP contribution in [0.5, 0.6) is 5.75 Å². The first-order chi connectivity index (χ1) is 10.2. The molecule has 0 saturated heterocycles. The molecule has 1 N–H and O–H groups in total. The third kappa shape index (κ3) is 4.61. The fourth-order valence-electron chi connectivity index (χ4n) is 2.27. The van der Waals surface area contributed by atoms with E-state index in [1.54, 1.807) is 0 Å². The van der Waals surface area contributed by atoms with Gasteiger partial charge < -0.3 is 10.1 Å². The predicted octanol–water partition coefficient (Wildman–Crippen LogP) is 4.54. The lowest BCUT2D eigenvalue weighted by Crippen LogP contribution is -2.24. The first-order valence-electron chi connectivity index (χ1n) is 7.73. The van der Waals surface area contributed by atoms with Crippen LogP contribution in [0.2, 0.25) is 0 Å². The van der Waals surface area contributed by atoms with Crippen LogP contribution in [0.4, 0.5) is 0 Å². The highest BCUT2D eigenvalue weighted by Gasteiger charge is 2.12. The molecule has 0 saturated carbocycles. The zero-order chi connectivity index (χ0) is 15.1. The number of rotatable bonds is 7. The topological polar surface area (TPSA) is 21.3 Å². The van der Waals surface area contributed by atoms with Crippen molar-refractivity contribution in [3.05, 3.63) is 65.7 Å². The Hall–Kier alpha value is -1.80. The Morgan fingerprint density at radius 2 is 1.57 bits per heavy atom. The lowest BCUT2D eigenvalue weighted by molar-refractivity contribution is 0.202. The highest BCUT2D eigenvalue weighted by Crippen LogP contribution is 2.24. The van der Waals surface area contributed by atoms with Crippen molar-refractivity contribution in [3.8, 4) is 5.75 Å². The van der Waals surface area contributed by atoms with Gasteiger partial charge in [-0.3, -0.25) is 0 Å². The molecule has 0 aliphatic carbocycles. The minimum Gasteiger partial charge on any atom is -0.484 e. The summed E-state index contributed by atoms with van der Waals surface area (Å²) >= 11 is 0. The fraction of sp³-hybridized carbons (Fsp3) is 0.368. The summed E-state index contributed by atoms with van der Waals surface area (Å²) in [7, 11) is 0. The summed E-state index contributed by atoms with van der Waals surface area (Å²) in [4.78, 5) is 0. The molecule has 2 aromatic carbocycles. The highest BCUT2D eigenvalue weighted by atomic mass is 16.5. The molecule has 0 aliphatic rings. The number of ether oxygens (including phenoxy) is 1. The highest BCUT2D eigenvalue weighted by molar-refractivity contribution is 5.30. The maximum absolute atomic E-state index is 6.17. The van der Waals surface area contributed by atoms with Gasteiger partial charge in [-0.15, -0.1) is 0 Å². The summed E-state index contributed by atoms with van der Waals surface area (Å²) in [5.74, 6) is 1.47. The molecule has 0 aromatic heterocycles. The normalized spacial score (nSPS) is 12.4. The third-order valence-corrected chi connectivity index (χ3v) is 3.58. The number of nitrogens with one attached hydrogen (secondary N) is 1. The average Bonchev–Trinajstić information content (AvgIpc) is 2.52. The van der Waals surface area contributed by atoms with Gasteiger partial charge in [0, 0.05) is 6.54 Å². The Bertz CT molecular complexity index is 519. The zero-order valence-corrected chi connectivity index (χ0v) is 13.2. The molecule has 2 heteroatoms. The smallest absolute Gasteiger partial charge is 0.136 e. The first-order valence-corrected chi connectivity index (χ1v) is 7.73. The summed E-state index contributed by atoms with van der Waals surface area (Å²) in [6, 6.07) is 18.8. The minimum absolute atomic E-state index is 0.0380. The standard InChI is InChI=1S/C19H25NO/c1-4-20-14-19(17-8-6-5-7-9-17)21-18-12-10-16(11-13-18)15(2)3/h5-13,15,19-20H,4,14H2,1-3H3. The van der Waals surface area contributed by atoms with Crippen LogP contribution in [0.1, 0.15) is 43.9 Å². The molecular weight excluding hydrogens is 258 g/mol. The van der Waals surface area contributed by atoms with E-state index in [0.717, 1.165) is 18.8 Å². The molecule has 112 valence electrons. The number of benzene rings is 2. The molecule has 2 aromatic rings. The average molecular weight is 283 g/mol. The third-order valence-electron chi connectivity index (χ3n) is 3.58. The van der Waals surface area contributed by atoms with E-state index >= 15 is 0 Å². The number of hydrogen-bond donors (Lipinski definition) is 1. The van der Waals surface area contributed by atoms with Crippen molar-refractivity contribution in [2.45, 2.75) is 32.8 Å². The largest absolute Gasteiger partial charge is 0.484 e. The molecule has 0 spiro atoms. The number of likely N-dealkylation sites (N-methyl/N-ethyl adjacent to an activating group) is 1. The molecule has 1 atom stereocenters. The summed E-state index contributed by atoms with van der Waals surface area (Å²) in [6.07, 6.45) is 0.0380. The maximum atomic E-state index is 6.17. The fourth-order valence-corrected chi connectivity index (χ4v) is 2.27. The van der Waals surface area contributed by atoms with E-state index in [1.807, 2.05) is 6.07 Å². The van der Waals surface area contributed by atoms with Crippen LogP contribution in [-0.4, -0.2) is 13.1 Å². The second-order valence-electron chi connectivity index (χ2n) is 5.55. The van der Waals surface area contributed by atoms with Crippen molar-refractivity contribution in [3.63, 3.8) is 0 Å². The van der Waals surface area contributed by atoms with Crippen LogP contribution in [0, 0.1) is 0 Å². The van der Waals surface area contributed by atoms with Crippen LogP contribution in [0.15, 0.2) is 54.6 Å². The second kappa shape index (κ2) is 7.84. The monoisotopic (exact) mass is 283 g/mol. The van der Waals surface area contributed by atoms with Crippen molar-refractivity contribution in [2.75, 3.05) is 13.1 Å². The van der Waals surface area contributed by atoms with Gasteiger partial charge in [0.2, 0.25) is 0 Å². The first kappa shape index (κ1) is 15.6. The van der Waals surface area contributed by atoms with E-state index < -0.39 is 0 Å². The molecule has 0 bridgehead atoms. The van der Waals surface area contributed by atoms with E-state index in [-0.39, 0.29) is 6.10 Å². The van der Waals surface area contributed by atoms with Crippen molar-refractivity contribution in [1.29, 1.82) is 0 Å². The van der Waals surface area contributed by atoms with Crippen LogP contribution < -0.4 is 10.1 Å². The van der Waals surface area contributed by atoms with Gasteiger partial charge in [0.1, 0.15) is 11.9 Å². The van der Waals surface area contributed by atoms with E-state index in [0.29, 0.717) is 5.92 Å². The lowest BCUT2D eigenvalue weighted by atomic mass is 10.0. The van der Waals surface area contributed by atoms with Crippen LogP contribution in [0.3, 0.4) is 0 Å². The van der Waals surface area contributed by atoms with Crippen molar-refractivity contribution >= 4 is 0 Å². The molecule has 2 rings (SSSR count). The Morgan fingerprint density at radius 1 is 0.905 bits per heavy atom. The van der Waals surface area contributed by atoms with E-state index in [4.69, 9.17) is 4.74 Å². The van der Waals surface area contributed by atoms with Crippen LogP contribution in [-0.2, 0) is 0 Å². The van der Waals surface area contributed by atoms with Gasteiger partial charge in [-0.1, -0.05) is 63.2 Å². The van der Waals surface area contributed by atoms with Crippen molar-refractivity contribution in [1.82, 2.24) is 5.32 Å². The van der Waals surface area contributed by atoms with Gasteiger partial charge >= 0.3 is 0 Å². The summed E-state index contributed by atoms with van der Waals surface area (Å²) in [6.45, 7) is 8.27. The van der Waals surface area contributed by atoms with Crippen molar-refractivity contribution in [2.24, 2.45) is 0 Å². The Kier molecular flexibility index (Phi) is 5.82. The van der Waals surface area contributed by atoms with Crippen LogP contribution in [0.25, 0.3) is 0 Å². The Labute approximate surface area is 128 Å². The quantitative estimate of drug-likeness (QED) is 0.805. The van der Waals surface area contributed by atoms with Gasteiger partial charge in [0.15, 0.2) is 0 Å². The molecule has 0 radical (unpaired) electrons. The van der Waals surface area contributed by atoms with Gasteiger partial charge in [-0.05, 0) is 35.7 Å². The van der Waals surface area contributed by atoms with Crippen LogP contribution >= 0.6 is 0 Å². The molecule has 2 nitrogen and oxygen atoms in total. The predicted molar refractivity (Wildman–Crippen MR) is 88.9 cm³/mol.